The molecule has 390 valence electrons. The number of aliphatic hydroxyl groups excluding tert-OH is 2. The first-order valence-corrected chi connectivity index (χ1v) is 26.2. The highest BCUT2D eigenvalue weighted by Gasteiger charge is 2.50. The van der Waals surface area contributed by atoms with E-state index in [2.05, 4.69) is 106 Å². The van der Waals surface area contributed by atoms with E-state index < -0.39 is 67.3 Å². The van der Waals surface area contributed by atoms with Crippen LogP contribution in [0.4, 0.5) is 0 Å². The number of rotatable bonds is 42. The largest absolute Gasteiger partial charge is 0.479 e. The molecule has 0 aromatic carbocycles. The highest BCUT2D eigenvalue weighted by Crippen LogP contribution is 2.26. The van der Waals surface area contributed by atoms with Gasteiger partial charge in [0.1, 0.15) is 18.8 Å². The van der Waals surface area contributed by atoms with E-state index in [1.165, 1.54) is 32.1 Å². The molecule has 12 nitrogen and oxygen atoms in total. The zero-order valence-corrected chi connectivity index (χ0v) is 42.5. The van der Waals surface area contributed by atoms with Crippen LogP contribution in [-0.4, -0.2) is 89.2 Å². The molecule has 1 rings (SSSR count). The average molecular weight is 967 g/mol. The first-order chi connectivity index (χ1) is 33.6. The fourth-order valence-corrected chi connectivity index (χ4v) is 7.18. The summed E-state index contributed by atoms with van der Waals surface area (Å²) in [6.45, 7) is 5.65. The van der Waals surface area contributed by atoms with Gasteiger partial charge in [-0.25, -0.2) is 4.79 Å². The minimum absolute atomic E-state index is 0.0243. The van der Waals surface area contributed by atoms with E-state index in [-0.39, 0.29) is 25.9 Å². The number of aliphatic hydroxyl groups is 2. The molecular formula is C57H90O12. The molecule has 69 heavy (non-hydrogen) atoms. The fraction of sp³-hybridized carbons (Fsp3) is 0.649. The van der Waals surface area contributed by atoms with Gasteiger partial charge in [-0.2, -0.15) is 0 Å². The van der Waals surface area contributed by atoms with E-state index in [9.17, 15) is 34.5 Å². The van der Waals surface area contributed by atoms with E-state index >= 15 is 0 Å². The van der Waals surface area contributed by atoms with Gasteiger partial charge in [0.2, 0.25) is 0 Å². The number of carbonyl (C=O) groups is 4. The molecule has 3 N–H and O–H groups in total. The monoisotopic (exact) mass is 967 g/mol. The van der Waals surface area contributed by atoms with E-state index in [0.717, 1.165) is 89.9 Å². The minimum Gasteiger partial charge on any atom is -0.479 e. The zero-order valence-electron chi connectivity index (χ0n) is 42.5. The Kier molecular flexibility index (Phi) is 40.7. The molecule has 0 bridgehead atoms. The Bertz CT molecular complexity index is 1570. The van der Waals surface area contributed by atoms with Crippen molar-refractivity contribution in [2.75, 3.05) is 13.2 Å². The molecule has 1 aliphatic rings. The quantitative estimate of drug-likeness (QED) is 0.0229. The predicted molar refractivity (Wildman–Crippen MR) is 275 cm³/mol. The third-order valence-electron chi connectivity index (χ3n) is 11.2. The van der Waals surface area contributed by atoms with Gasteiger partial charge in [-0.3, -0.25) is 14.4 Å². The second-order valence-electron chi connectivity index (χ2n) is 17.4. The van der Waals surface area contributed by atoms with Crippen molar-refractivity contribution < 1.29 is 58.2 Å². The lowest BCUT2D eigenvalue weighted by molar-refractivity contribution is -0.301. The van der Waals surface area contributed by atoms with Gasteiger partial charge in [-0.15, -0.1) is 0 Å². The Balaban J connectivity index is 2.76. The third kappa shape index (κ3) is 35.4. The van der Waals surface area contributed by atoms with Gasteiger partial charge in [0.05, 0.1) is 6.61 Å². The van der Waals surface area contributed by atoms with Crippen molar-refractivity contribution >= 4 is 23.9 Å². The lowest BCUT2D eigenvalue weighted by Crippen LogP contribution is -2.61. The Morgan fingerprint density at radius 3 is 1.43 bits per heavy atom. The smallest absolute Gasteiger partial charge is 0.335 e. The molecule has 1 heterocycles. The van der Waals surface area contributed by atoms with Crippen molar-refractivity contribution in [3.05, 3.63) is 97.2 Å². The topological polar surface area (TPSA) is 175 Å². The first-order valence-electron chi connectivity index (χ1n) is 26.2. The van der Waals surface area contributed by atoms with E-state index in [1.54, 1.807) is 0 Å². The highest BCUT2D eigenvalue weighted by atomic mass is 16.7. The van der Waals surface area contributed by atoms with E-state index in [4.69, 9.17) is 23.7 Å². The fourth-order valence-electron chi connectivity index (χ4n) is 7.18. The summed E-state index contributed by atoms with van der Waals surface area (Å²) in [6.07, 6.45) is 45.6. The second kappa shape index (κ2) is 44.8. The van der Waals surface area contributed by atoms with Crippen LogP contribution in [0.1, 0.15) is 188 Å². The number of aliphatic carboxylic acids is 1. The zero-order chi connectivity index (χ0) is 50.4. The van der Waals surface area contributed by atoms with Crippen LogP contribution >= 0.6 is 0 Å². The molecule has 0 saturated carbocycles. The SMILES string of the molecule is CC/C=C\C/C=C\C/C=C\C/C=C\C/C=C\CCCC(=O)OC1C(OCC(COC(=O)CCCCC/C=C\C/C=C\C/C=C\CC)OC(=O)CCCCCCCCCCC)OC(C(=O)O)C(O)C1O. The summed E-state index contributed by atoms with van der Waals surface area (Å²) in [5, 5.41) is 31.3. The molecule has 12 heteroatoms. The number of esters is 3. The summed E-state index contributed by atoms with van der Waals surface area (Å²) in [5.41, 5.74) is 0. The Morgan fingerprint density at radius 2 is 0.928 bits per heavy atom. The lowest BCUT2D eigenvalue weighted by atomic mass is 9.98. The Morgan fingerprint density at radius 1 is 0.493 bits per heavy atom. The maximum atomic E-state index is 13.0. The number of allylic oxidation sites excluding steroid dienone is 16. The summed E-state index contributed by atoms with van der Waals surface area (Å²) in [4.78, 5) is 50.7. The third-order valence-corrected chi connectivity index (χ3v) is 11.2. The van der Waals surface area contributed by atoms with Crippen LogP contribution in [0.5, 0.6) is 0 Å². The number of hydrogen-bond donors (Lipinski definition) is 3. The van der Waals surface area contributed by atoms with Crippen LogP contribution in [0, 0.1) is 0 Å². The van der Waals surface area contributed by atoms with Crippen molar-refractivity contribution in [2.24, 2.45) is 0 Å². The van der Waals surface area contributed by atoms with Crippen LogP contribution in [0.2, 0.25) is 0 Å². The van der Waals surface area contributed by atoms with Gasteiger partial charge < -0.3 is 39.0 Å². The molecule has 0 aromatic heterocycles. The summed E-state index contributed by atoms with van der Waals surface area (Å²) in [5.74, 6) is -3.25. The summed E-state index contributed by atoms with van der Waals surface area (Å²) in [7, 11) is 0. The molecule has 6 unspecified atom stereocenters. The maximum absolute atomic E-state index is 13.0. The van der Waals surface area contributed by atoms with Crippen LogP contribution in [0.3, 0.4) is 0 Å². The van der Waals surface area contributed by atoms with Crippen molar-refractivity contribution in [3.63, 3.8) is 0 Å². The Labute approximate surface area is 415 Å². The number of carboxylic acid groups (broad SMARTS) is 1. The second-order valence-corrected chi connectivity index (χ2v) is 17.4. The van der Waals surface area contributed by atoms with Gasteiger partial charge >= 0.3 is 23.9 Å². The van der Waals surface area contributed by atoms with Gasteiger partial charge in [0, 0.05) is 19.3 Å². The number of hydrogen-bond acceptors (Lipinski definition) is 11. The summed E-state index contributed by atoms with van der Waals surface area (Å²) in [6, 6.07) is 0. The number of carbonyl (C=O) groups excluding carboxylic acids is 3. The standard InChI is InChI=1S/C57H90O12/c1-4-7-10-13-16-19-21-23-24-25-26-28-30-33-36-39-42-45-51(60)68-55-53(62)52(61)54(56(63)64)69-57(55)66-47-48(67-50(59)44-41-38-35-31-18-15-12-9-6-3)46-65-49(58)43-40-37-34-32-29-27-22-20-17-14-11-8-5-2/h7-8,10-11,16-17,19-20,23-24,26-29,33,36,48,52-55,57,61-62H,4-6,9,12-15,18,21-22,25,30-32,34-35,37-47H2,1-3H3,(H,63,64)/b10-7-,11-8-,19-16-,20-17-,24-23-,28-26-,29-27-,36-33-. The molecule has 0 spiro atoms. The highest BCUT2D eigenvalue weighted by molar-refractivity contribution is 5.74. The van der Waals surface area contributed by atoms with Crippen LogP contribution < -0.4 is 0 Å². The number of carboxylic acids is 1. The molecule has 0 aliphatic carbocycles. The van der Waals surface area contributed by atoms with Crippen molar-refractivity contribution in [1.29, 1.82) is 0 Å². The first kappa shape index (κ1) is 62.7. The van der Waals surface area contributed by atoms with Crippen LogP contribution in [0.25, 0.3) is 0 Å². The predicted octanol–water partition coefficient (Wildman–Crippen LogP) is 12.6. The molecule has 0 radical (unpaired) electrons. The Hall–Kier alpha value is -4.36. The van der Waals surface area contributed by atoms with E-state index in [1.807, 2.05) is 12.2 Å². The van der Waals surface area contributed by atoms with Gasteiger partial charge in [0.15, 0.2) is 24.6 Å². The molecular weight excluding hydrogens is 877 g/mol. The van der Waals surface area contributed by atoms with Crippen molar-refractivity contribution in [3.8, 4) is 0 Å². The van der Waals surface area contributed by atoms with Gasteiger partial charge in [-0.05, 0) is 89.9 Å². The lowest BCUT2D eigenvalue weighted by Gasteiger charge is -2.40. The van der Waals surface area contributed by atoms with Crippen LogP contribution in [-0.2, 0) is 42.9 Å². The number of unbranched alkanes of at least 4 members (excludes halogenated alkanes) is 12. The summed E-state index contributed by atoms with van der Waals surface area (Å²) >= 11 is 0. The average Bonchev–Trinajstić information content (AvgIpc) is 3.33. The van der Waals surface area contributed by atoms with E-state index in [0.29, 0.717) is 25.7 Å². The number of ether oxygens (including phenoxy) is 5. The van der Waals surface area contributed by atoms with Crippen LogP contribution in [0.15, 0.2) is 97.2 Å². The molecule has 0 aromatic rings. The van der Waals surface area contributed by atoms with Crippen molar-refractivity contribution in [1.82, 2.24) is 0 Å². The van der Waals surface area contributed by atoms with Gasteiger partial charge in [-0.1, -0.05) is 176 Å². The molecule has 1 saturated heterocycles. The minimum atomic E-state index is -1.93. The van der Waals surface area contributed by atoms with Gasteiger partial charge in [0.25, 0.3) is 0 Å². The summed E-state index contributed by atoms with van der Waals surface area (Å²) < 4.78 is 28.2. The van der Waals surface area contributed by atoms with Crippen molar-refractivity contribution in [2.45, 2.75) is 225 Å². The molecule has 1 aliphatic heterocycles. The molecule has 1 fully saturated rings. The molecule has 0 amide bonds. The normalized spacial score (nSPS) is 19.5. The maximum Gasteiger partial charge on any atom is 0.335 e. The molecule has 6 atom stereocenters.